The lowest BCUT2D eigenvalue weighted by Gasteiger charge is -2.17. The molecule has 1 amide bonds. The lowest BCUT2D eigenvalue weighted by atomic mass is 10.1. The molecule has 0 aliphatic rings. The van der Waals surface area contributed by atoms with Crippen LogP contribution in [0.2, 0.25) is 0 Å². The first kappa shape index (κ1) is 21.4. The summed E-state index contributed by atoms with van der Waals surface area (Å²) in [7, 11) is 3.20. The number of amides is 1. The molecule has 4 rings (SSSR count). The number of carbonyl (C=O) groups excluding carboxylic acids is 1. The van der Waals surface area contributed by atoms with Crippen LogP contribution in [0.15, 0.2) is 66.9 Å². The second-order valence-electron chi connectivity index (χ2n) is 7.87. The third-order valence-electron chi connectivity index (χ3n) is 5.62. The van der Waals surface area contributed by atoms with Crippen LogP contribution in [-0.2, 0) is 6.54 Å². The van der Waals surface area contributed by atoms with E-state index < -0.39 is 0 Å². The highest BCUT2D eigenvalue weighted by Gasteiger charge is 2.15. The van der Waals surface area contributed by atoms with Crippen molar-refractivity contribution in [1.82, 2.24) is 15.1 Å². The fourth-order valence-corrected chi connectivity index (χ4v) is 3.69. The minimum atomic E-state index is -0.199. The monoisotopic (exact) mass is 429 g/mol. The number of fused-ring (bicyclic) bond motifs is 1. The third kappa shape index (κ3) is 4.44. The maximum atomic E-state index is 13.0. The van der Waals surface area contributed by atoms with Gasteiger partial charge in [-0.3, -0.25) is 9.48 Å². The van der Waals surface area contributed by atoms with E-state index in [0.29, 0.717) is 23.6 Å². The summed E-state index contributed by atoms with van der Waals surface area (Å²) in [4.78, 5) is 13.0. The molecule has 0 aliphatic heterocycles. The summed E-state index contributed by atoms with van der Waals surface area (Å²) in [5, 5.41) is 8.59. The Balaban J connectivity index is 1.54. The van der Waals surface area contributed by atoms with Crippen LogP contribution in [0.5, 0.6) is 11.5 Å². The number of methoxy groups -OCH3 is 2. The first-order chi connectivity index (χ1) is 15.5. The lowest BCUT2D eigenvalue weighted by Crippen LogP contribution is -2.26. The van der Waals surface area contributed by atoms with Gasteiger partial charge in [-0.15, -0.1) is 0 Å². The Hall–Kier alpha value is -3.80. The number of nitrogens with zero attached hydrogens (tertiary/aromatic N) is 2. The molecule has 0 saturated heterocycles. The molecule has 0 saturated carbocycles. The Kier molecular flexibility index (Phi) is 6.12. The van der Waals surface area contributed by atoms with Crippen LogP contribution in [0.25, 0.3) is 10.9 Å². The zero-order chi connectivity index (χ0) is 22.7. The van der Waals surface area contributed by atoms with E-state index >= 15 is 0 Å². The SMILES string of the molecule is COc1ccc(C(C)NC(=O)c2ccc3cnn(Cc4ccc(C)cc4)c3c2)cc1OC. The summed E-state index contributed by atoms with van der Waals surface area (Å²) in [6.45, 7) is 4.66. The van der Waals surface area contributed by atoms with E-state index in [1.165, 1.54) is 5.56 Å². The number of carbonyl (C=O) groups is 1. The van der Waals surface area contributed by atoms with E-state index in [1.54, 1.807) is 14.2 Å². The molecule has 0 bridgehead atoms. The van der Waals surface area contributed by atoms with Gasteiger partial charge in [0.25, 0.3) is 5.91 Å². The first-order valence-electron chi connectivity index (χ1n) is 10.5. The van der Waals surface area contributed by atoms with Crippen molar-refractivity contribution in [1.29, 1.82) is 0 Å². The molecule has 0 radical (unpaired) electrons. The predicted molar refractivity (Wildman–Crippen MR) is 125 cm³/mol. The number of aryl methyl sites for hydroxylation is 1. The normalized spacial score (nSPS) is 11.9. The van der Waals surface area contributed by atoms with E-state index in [0.717, 1.165) is 22.0 Å². The molecule has 1 heterocycles. The van der Waals surface area contributed by atoms with Crippen molar-refractivity contribution in [2.45, 2.75) is 26.4 Å². The van der Waals surface area contributed by atoms with Gasteiger partial charge < -0.3 is 14.8 Å². The Morgan fingerprint density at radius 2 is 1.75 bits per heavy atom. The lowest BCUT2D eigenvalue weighted by molar-refractivity contribution is 0.0940. The van der Waals surface area contributed by atoms with Crippen molar-refractivity contribution < 1.29 is 14.3 Å². The van der Waals surface area contributed by atoms with Crippen molar-refractivity contribution in [3.8, 4) is 11.5 Å². The van der Waals surface area contributed by atoms with Crippen LogP contribution in [-0.4, -0.2) is 29.9 Å². The molecule has 6 nitrogen and oxygen atoms in total. The van der Waals surface area contributed by atoms with Gasteiger partial charge in [0, 0.05) is 10.9 Å². The summed E-state index contributed by atoms with van der Waals surface area (Å²) >= 11 is 0. The second-order valence-corrected chi connectivity index (χ2v) is 7.87. The largest absolute Gasteiger partial charge is 0.493 e. The molecule has 1 aromatic heterocycles. The van der Waals surface area contributed by atoms with Gasteiger partial charge in [0.05, 0.1) is 38.5 Å². The quantitative estimate of drug-likeness (QED) is 0.454. The molecule has 3 aromatic carbocycles. The van der Waals surface area contributed by atoms with Gasteiger partial charge in [0.2, 0.25) is 0 Å². The summed E-state index contributed by atoms with van der Waals surface area (Å²) in [5.41, 5.74) is 4.84. The average molecular weight is 430 g/mol. The van der Waals surface area contributed by atoms with Crippen LogP contribution in [0.4, 0.5) is 0 Å². The minimum Gasteiger partial charge on any atom is -0.493 e. The molecule has 4 aromatic rings. The Labute approximate surface area is 187 Å². The second kappa shape index (κ2) is 9.14. The van der Waals surface area contributed by atoms with Crippen LogP contribution in [0.3, 0.4) is 0 Å². The maximum absolute atomic E-state index is 13.0. The molecule has 164 valence electrons. The first-order valence-corrected chi connectivity index (χ1v) is 10.5. The molecule has 0 fully saturated rings. The van der Waals surface area contributed by atoms with E-state index in [-0.39, 0.29) is 11.9 Å². The molecule has 32 heavy (non-hydrogen) atoms. The zero-order valence-electron chi connectivity index (χ0n) is 18.8. The van der Waals surface area contributed by atoms with Crippen molar-refractivity contribution in [3.05, 3.63) is 89.1 Å². The highest BCUT2D eigenvalue weighted by Crippen LogP contribution is 2.30. The molecule has 1 N–H and O–H groups in total. The molecular formula is C26H27N3O3. The fraction of sp³-hybridized carbons (Fsp3) is 0.231. The number of hydrogen-bond acceptors (Lipinski definition) is 4. The summed E-state index contributed by atoms with van der Waals surface area (Å²) in [5.74, 6) is 1.15. The zero-order valence-corrected chi connectivity index (χ0v) is 18.8. The number of rotatable bonds is 7. The summed E-state index contributed by atoms with van der Waals surface area (Å²) in [6.07, 6.45) is 1.83. The van der Waals surface area contributed by atoms with Crippen molar-refractivity contribution >= 4 is 16.8 Å². The van der Waals surface area contributed by atoms with E-state index in [9.17, 15) is 4.79 Å². The van der Waals surface area contributed by atoms with Crippen LogP contribution < -0.4 is 14.8 Å². The van der Waals surface area contributed by atoms with Crippen molar-refractivity contribution in [3.63, 3.8) is 0 Å². The Morgan fingerprint density at radius 3 is 2.47 bits per heavy atom. The highest BCUT2D eigenvalue weighted by molar-refractivity contribution is 5.98. The standard InChI is InChI=1S/C26H27N3O3/c1-17-5-7-19(8-6-17)16-29-23-13-21(9-10-22(23)15-27-29)26(30)28-18(2)20-11-12-24(31-3)25(14-20)32-4/h5-15,18H,16H2,1-4H3,(H,28,30). The number of ether oxygens (including phenoxy) is 2. The molecule has 0 aliphatic carbocycles. The van der Waals surface area contributed by atoms with E-state index in [2.05, 4.69) is 41.6 Å². The minimum absolute atomic E-state index is 0.141. The van der Waals surface area contributed by atoms with Gasteiger partial charge in [-0.25, -0.2) is 0 Å². The molecular weight excluding hydrogens is 402 g/mol. The predicted octanol–water partition coefficient (Wildman–Crippen LogP) is 4.90. The Morgan fingerprint density at radius 1 is 1.00 bits per heavy atom. The number of benzene rings is 3. The molecule has 6 heteroatoms. The highest BCUT2D eigenvalue weighted by atomic mass is 16.5. The molecule has 0 spiro atoms. The summed E-state index contributed by atoms with van der Waals surface area (Å²) in [6, 6.07) is 19.5. The van der Waals surface area contributed by atoms with Crippen LogP contribution in [0.1, 0.15) is 40.0 Å². The van der Waals surface area contributed by atoms with Gasteiger partial charge in [-0.2, -0.15) is 5.10 Å². The third-order valence-corrected chi connectivity index (χ3v) is 5.62. The van der Waals surface area contributed by atoms with Crippen LogP contribution >= 0.6 is 0 Å². The van der Waals surface area contributed by atoms with E-state index in [1.807, 2.05) is 54.2 Å². The van der Waals surface area contributed by atoms with Gasteiger partial charge in [0.15, 0.2) is 11.5 Å². The van der Waals surface area contributed by atoms with Crippen LogP contribution in [0, 0.1) is 6.92 Å². The smallest absolute Gasteiger partial charge is 0.251 e. The maximum Gasteiger partial charge on any atom is 0.251 e. The Bertz CT molecular complexity index is 1250. The average Bonchev–Trinajstić information content (AvgIpc) is 3.21. The summed E-state index contributed by atoms with van der Waals surface area (Å²) < 4.78 is 12.6. The van der Waals surface area contributed by atoms with E-state index in [4.69, 9.17) is 9.47 Å². The van der Waals surface area contributed by atoms with Gasteiger partial charge >= 0.3 is 0 Å². The van der Waals surface area contributed by atoms with Crippen molar-refractivity contribution in [2.75, 3.05) is 14.2 Å². The topological polar surface area (TPSA) is 65.4 Å². The number of hydrogen-bond donors (Lipinski definition) is 1. The van der Waals surface area contributed by atoms with Gasteiger partial charge in [-0.1, -0.05) is 42.0 Å². The number of aromatic nitrogens is 2. The number of nitrogens with one attached hydrogen (secondary N) is 1. The van der Waals surface area contributed by atoms with Gasteiger partial charge in [-0.05, 0) is 49.2 Å². The molecule has 1 atom stereocenters. The fourth-order valence-electron chi connectivity index (χ4n) is 3.69. The molecule has 1 unspecified atom stereocenters. The van der Waals surface area contributed by atoms with Crippen molar-refractivity contribution in [2.24, 2.45) is 0 Å². The van der Waals surface area contributed by atoms with Gasteiger partial charge in [0.1, 0.15) is 0 Å².